The van der Waals surface area contributed by atoms with Gasteiger partial charge in [0, 0.05) is 22.9 Å². The van der Waals surface area contributed by atoms with E-state index >= 15 is 0 Å². The van der Waals surface area contributed by atoms with Gasteiger partial charge in [0.25, 0.3) is 0 Å². The maximum absolute atomic E-state index is 9.55. The summed E-state index contributed by atoms with van der Waals surface area (Å²) in [6, 6.07) is 75.4. The van der Waals surface area contributed by atoms with E-state index < -0.39 is 5.41 Å². The quantitative estimate of drug-likeness (QED) is 0.0801. The minimum atomic E-state index is -0.516. The fraction of sp³-hybridized carbons (Fsp3) is 0.0172. The molecular weight excluding hydrogens is 739 g/mol. The number of nitrogens with one attached hydrogen (secondary N) is 1. The topological polar surface area (TPSA) is 48.6 Å². The molecule has 2 aliphatic carbocycles. The molecule has 0 aromatic heterocycles. The standard InChI is InChI=1S/C58H37N3/c59-56(40-31-29-38(30-32-40)37-15-2-1-3-16-37)61-57(60-36-50-43-20-7-5-18-41(43)35-49-42-19-6-4-17-39(42)33-34-44(49)50)48-24-14-28-54-55(48)47-23-10-13-27-53(47)58(54)51-25-11-8-21-45(51)46-22-9-12-26-52(46)58/h1-36,59H. The van der Waals surface area contributed by atoms with E-state index in [2.05, 4.69) is 182 Å². The van der Waals surface area contributed by atoms with Gasteiger partial charge in [0.2, 0.25) is 0 Å². The number of hydrogen-bond acceptors (Lipinski definition) is 1. The molecule has 1 spiro atoms. The second-order valence-electron chi connectivity index (χ2n) is 16.0. The number of fused-ring (bicyclic) bond motifs is 14. The Morgan fingerprint density at radius 3 is 1.74 bits per heavy atom. The molecule has 0 unspecified atom stereocenters. The zero-order valence-corrected chi connectivity index (χ0v) is 33.2. The Bertz CT molecular complexity index is 3440. The minimum Gasteiger partial charge on any atom is -0.282 e. The lowest BCUT2D eigenvalue weighted by atomic mass is 9.70. The van der Waals surface area contributed by atoms with Gasteiger partial charge in [-0.05, 0) is 94.0 Å². The maximum Gasteiger partial charge on any atom is 0.162 e. The van der Waals surface area contributed by atoms with Crippen molar-refractivity contribution in [2.24, 2.45) is 9.98 Å². The molecule has 0 radical (unpaired) electrons. The molecule has 0 aliphatic heterocycles. The largest absolute Gasteiger partial charge is 0.282 e. The molecule has 0 bridgehead atoms. The third-order valence-electron chi connectivity index (χ3n) is 12.9. The summed E-state index contributed by atoms with van der Waals surface area (Å²) in [4.78, 5) is 10.6. The molecule has 3 nitrogen and oxygen atoms in total. The number of amidine groups is 2. The molecule has 10 aromatic rings. The minimum absolute atomic E-state index is 0.149. The summed E-state index contributed by atoms with van der Waals surface area (Å²) in [5, 5.41) is 16.5. The molecule has 0 atom stereocenters. The summed E-state index contributed by atoms with van der Waals surface area (Å²) in [6.07, 6.45) is 1.99. The molecule has 284 valence electrons. The highest BCUT2D eigenvalue weighted by Crippen LogP contribution is 2.63. The lowest BCUT2D eigenvalue weighted by Gasteiger charge is -2.30. The summed E-state index contributed by atoms with van der Waals surface area (Å²) in [5.74, 6) is 0.637. The van der Waals surface area contributed by atoms with Crippen LogP contribution in [-0.4, -0.2) is 17.9 Å². The first kappa shape index (κ1) is 35.0. The lowest BCUT2D eigenvalue weighted by molar-refractivity contribution is 0.793. The van der Waals surface area contributed by atoms with Crippen molar-refractivity contribution < 1.29 is 0 Å². The van der Waals surface area contributed by atoms with Gasteiger partial charge >= 0.3 is 0 Å². The summed E-state index contributed by atoms with van der Waals surface area (Å²) in [5.41, 5.74) is 14.1. The molecule has 0 saturated heterocycles. The predicted octanol–water partition coefficient (Wildman–Crippen LogP) is 14.0. The van der Waals surface area contributed by atoms with Gasteiger partial charge in [0.05, 0.1) is 5.41 Å². The van der Waals surface area contributed by atoms with Crippen molar-refractivity contribution in [2.75, 3.05) is 0 Å². The van der Waals surface area contributed by atoms with Crippen molar-refractivity contribution >= 4 is 50.2 Å². The highest BCUT2D eigenvalue weighted by atomic mass is 15.0. The van der Waals surface area contributed by atoms with Crippen molar-refractivity contribution in [3.63, 3.8) is 0 Å². The van der Waals surface area contributed by atoms with E-state index in [0.29, 0.717) is 5.84 Å². The lowest BCUT2D eigenvalue weighted by Crippen LogP contribution is -2.25. The van der Waals surface area contributed by atoms with Crippen LogP contribution in [-0.2, 0) is 5.41 Å². The predicted molar refractivity (Wildman–Crippen MR) is 255 cm³/mol. The molecule has 1 N–H and O–H groups in total. The van der Waals surface area contributed by atoms with Gasteiger partial charge in [-0.25, -0.2) is 9.98 Å². The van der Waals surface area contributed by atoms with E-state index in [0.717, 1.165) is 55.1 Å². The van der Waals surface area contributed by atoms with Crippen molar-refractivity contribution in [3.05, 3.63) is 251 Å². The summed E-state index contributed by atoms with van der Waals surface area (Å²) >= 11 is 0. The smallest absolute Gasteiger partial charge is 0.162 e. The van der Waals surface area contributed by atoms with Gasteiger partial charge in [-0.3, -0.25) is 5.41 Å². The average Bonchev–Trinajstić information content (AvgIpc) is 3.80. The fourth-order valence-corrected chi connectivity index (χ4v) is 10.2. The third-order valence-corrected chi connectivity index (χ3v) is 12.9. The first-order valence-corrected chi connectivity index (χ1v) is 20.8. The van der Waals surface area contributed by atoms with Crippen LogP contribution in [0.1, 0.15) is 38.9 Å². The van der Waals surface area contributed by atoms with E-state index in [1.54, 1.807) is 0 Å². The van der Waals surface area contributed by atoms with Gasteiger partial charge in [-0.1, -0.05) is 206 Å². The van der Waals surface area contributed by atoms with E-state index in [1.165, 1.54) is 49.5 Å². The zero-order valence-electron chi connectivity index (χ0n) is 33.2. The van der Waals surface area contributed by atoms with Gasteiger partial charge in [0.1, 0.15) is 0 Å². The number of rotatable bonds is 4. The summed E-state index contributed by atoms with van der Waals surface area (Å²) in [7, 11) is 0. The number of nitrogens with zero attached hydrogens (tertiary/aromatic N) is 2. The second-order valence-corrected chi connectivity index (χ2v) is 16.0. The van der Waals surface area contributed by atoms with Crippen LogP contribution < -0.4 is 0 Å². The number of hydrogen-bond donors (Lipinski definition) is 1. The van der Waals surface area contributed by atoms with E-state index in [1.807, 2.05) is 36.5 Å². The average molecular weight is 776 g/mol. The van der Waals surface area contributed by atoms with Crippen LogP contribution in [0.15, 0.2) is 222 Å². The normalized spacial score (nSPS) is 13.5. The van der Waals surface area contributed by atoms with Crippen LogP contribution in [0.4, 0.5) is 0 Å². The van der Waals surface area contributed by atoms with E-state index in [-0.39, 0.29) is 5.84 Å². The van der Waals surface area contributed by atoms with Crippen LogP contribution in [0.3, 0.4) is 0 Å². The maximum atomic E-state index is 9.55. The molecule has 0 heterocycles. The van der Waals surface area contributed by atoms with Crippen LogP contribution in [0.25, 0.3) is 65.7 Å². The highest BCUT2D eigenvalue weighted by molar-refractivity contribution is 6.23. The first-order valence-electron chi connectivity index (χ1n) is 20.8. The van der Waals surface area contributed by atoms with Gasteiger partial charge < -0.3 is 0 Å². The van der Waals surface area contributed by atoms with Gasteiger partial charge in [-0.2, -0.15) is 0 Å². The van der Waals surface area contributed by atoms with Crippen molar-refractivity contribution in [3.8, 4) is 33.4 Å². The Hall–Kier alpha value is -8.01. The van der Waals surface area contributed by atoms with Crippen molar-refractivity contribution in [1.82, 2.24) is 0 Å². The molecule has 3 heteroatoms. The number of benzene rings is 10. The van der Waals surface area contributed by atoms with Crippen LogP contribution in [0.5, 0.6) is 0 Å². The van der Waals surface area contributed by atoms with Crippen LogP contribution in [0.2, 0.25) is 0 Å². The molecule has 0 saturated carbocycles. The molecule has 0 amide bonds. The van der Waals surface area contributed by atoms with E-state index in [4.69, 9.17) is 9.98 Å². The Kier molecular flexibility index (Phi) is 7.91. The number of aliphatic imine (C=N–C) groups is 2. The Balaban J connectivity index is 1.10. The fourth-order valence-electron chi connectivity index (χ4n) is 10.2. The van der Waals surface area contributed by atoms with Gasteiger partial charge in [0.15, 0.2) is 11.7 Å². The SMILES string of the molecule is N=C(N=C(N=Cc1c2ccccc2cc2c1ccc1ccccc12)c1cccc2c1-c1ccccc1C21c2ccccc2-c2ccccc21)c1ccc(-c2ccccc2)cc1. The molecular formula is C58H37N3. The molecule has 61 heavy (non-hydrogen) atoms. The molecule has 2 aliphatic rings. The third kappa shape index (κ3) is 5.27. The molecule has 10 aromatic carbocycles. The van der Waals surface area contributed by atoms with Gasteiger partial charge in [-0.15, -0.1) is 0 Å². The van der Waals surface area contributed by atoms with Crippen molar-refractivity contribution in [2.45, 2.75) is 5.41 Å². The molecule has 12 rings (SSSR count). The van der Waals surface area contributed by atoms with Crippen LogP contribution >= 0.6 is 0 Å². The highest BCUT2D eigenvalue weighted by Gasteiger charge is 2.52. The second kappa shape index (κ2) is 13.8. The monoisotopic (exact) mass is 775 g/mol. The summed E-state index contributed by atoms with van der Waals surface area (Å²) in [6.45, 7) is 0. The van der Waals surface area contributed by atoms with Crippen molar-refractivity contribution in [1.29, 1.82) is 5.41 Å². The Labute approximate surface area is 354 Å². The summed E-state index contributed by atoms with van der Waals surface area (Å²) < 4.78 is 0. The zero-order chi connectivity index (χ0) is 40.5. The molecule has 0 fully saturated rings. The Morgan fingerprint density at radius 1 is 0.426 bits per heavy atom. The van der Waals surface area contributed by atoms with Crippen LogP contribution in [0, 0.1) is 5.41 Å². The van der Waals surface area contributed by atoms with E-state index in [9.17, 15) is 5.41 Å². The Morgan fingerprint density at radius 2 is 1.00 bits per heavy atom. The first-order chi connectivity index (χ1) is 30.2.